The Labute approximate surface area is 140 Å². The molecular formula is C18H18ClFN2O. The molecule has 0 aromatic heterocycles. The molecule has 2 aromatic carbocycles. The van der Waals surface area contributed by atoms with Gasteiger partial charge in [0, 0.05) is 19.9 Å². The van der Waals surface area contributed by atoms with Crippen LogP contribution in [0.15, 0.2) is 54.7 Å². The molecule has 1 N–H and O–H groups in total. The minimum Gasteiger partial charge on any atom is -0.385 e. The monoisotopic (exact) mass is 332 g/mol. The number of nitrogens with one attached hydrogen (secondary N) is 1. The summed E-state index contributed by atoms with van der Waals surface area (Å²) in [7, 11) is 1.68. The van der Waals surface area contributed by atoms with E-state index in [2.05, 4.69) is 5.43 Å². The number of rotatable bonds is 5. The molecule has 1 unspecified atom stereocenters. The van der Waals surface area contributed by atoms with E-state index in [9.17, 15) is 4.39 Å². The van der Waals surface area contributed by atoms with Crippen LogP contribution in [-0.4, -0.2) is 19.8 Å². The van der Waals surface area contributed by atoms with Gasteiger partial charge in [0.2, 0.25) is 0 Å². The zero-order chi connectivity index (χ0) is 16.2. The molecule has 0 saturated heterocycles. The lowest BCUT2D eigenvalue weighted by Gasteiger charge is -2.21. The highest BCUT2D eigenvalue weighted by Gasteiger charge is 2.26. The molecule has 5 heteroatoms. The van der Waals surface area contributed by atoms with E-state index in [0.717, 1.165) is 23.2 Å². The molecule has 0 saturated carbocycles. The van der Waals surface area contributed by atoms with Gasteiger partial charge in [-0.1, -0.05) is 35.9 Å². The molecule has 0 spiro atoms. The van der Waals surface area contributed by atoms with Crippen molar-refractivity contribution in [3.8, 4) is 0 Å². The van der Waals surface area contributed by atoms with Crippen LogP contribution in [0.2, 0.25) is 5.02 Å². The first-order chi connectivity index (χ1) is 11.2. The Morgan fingerprint density at radius 3 is 2.61 bits per heavy atom. The van der Waals surface area contributed by atoms with Crippen LogP contribution in [0, 0.1) is 5.82 Å². The second-order valence-electron chi connectivity index (χ2n) is 5.38. The molecule has 3 nitrogen and oxygen atoms in total. The summed E-state index contributed by atoms with van der Waals surface area (Å²) in [5, 5.41) is 2.59. The molecule has 0 aliphatic carbocycles. The molecule has 1 aliphatic rings. The number of nitrogens with zero attached hydrogens (tertiary/aromatic N) is 1. The summed E-state index contributed by atoms with van der Waals surface area (Å²) >= 11 is 6.29. The first kappa shape index (κ1) is 16.0. The van der Waals surface area contributed by atoms with Crippen LogP contribution in [0.1, 0.15) is 12.0 Å². The van der Waals surface area contributed by atoms with Gasteiger partial charge in [0.1, 0.15) is 5.82 Å². The normalized spacial score (nSPS) is 17.4. The third-order valence-corrected chi connectivity index (χ3v) is 4.16. The maximum absolute atomic E-state index is 13.2. The molecule has 1 heterocycles. The Morgan fingerprint density at radius 1 is 1.17 bits per heavy atom. The van der Waals surface area contributed by atoms with Gasteiger partial charge in [-0.25, -0.2) is 9.82 Å². The number of hydrogen-bond donors (Lipinski definition) is 1. The second-order valence-corrected chi connectivity index (χ2v) is 5.78. The number of methoxy groups -OCH3 is 1. The fourth-order valence-corrected chi connectivity index (χ4v) is 2.89. The van der Waals surface area contributed by atoms with Crippen LogP contribution in [-0.2, 0) is 4.74 Å². The van der Waals surface area contributed by atoms with E-state index in [1.807, 2.05) is 35.5 Å². The Kier molecular flexibility index (Phi) is 4.96. The lowest BCUT2D eigenvalue weighted by molar-refractivity contribution is 0.189. The van der Waals surface area contributed by atoms with E-state index in [0.29, 0.717) is 11.6 Å². The topological polar surface area (TPSA) is 24.5 Å². The molecule has 0 amide bonds. The van der Waals surface area contributed by atoms with Crippen molar-refractivity contribution in [1.29, 1.82) is 0 Å². The van der Waals surface area contributed by atoms with Crippen molar-refractivity contribution in [2.45, 2.75) is 12.5 Å². The van der Waals surface area contributed by atoms with Crippen molar-refractivity contribution in [1.82, 2.24) is 5.43 Å². The minimum atomic E-state index is -0.239. The molecule has 3 rings (SSSR count). The van der Waals surface area contributed by atoms with Gasteiger partial charge in [0.15, 0.2) is 0 Å². The fraction of sp³-hybridized carbons (Fsp3) is 0.222. The number of ether oxygens (including phenoxy) is 1. The quantitative estimate of drug-likeness (QED) is 0.886. The van der Waals surface area contributed by atoms with Crippen LogP contribution < -0.4 is 10.4 Å². The van der Waals surface area contributed by atoms with Crippen molar-refractivity contribution in [2.75, 3.05) is 18.7 Å². The van der Waals surface area contributed by atoms with Gasteiger partial charge in [-0.3, -0.25) is 5.01 Å². The van der Waals surface area contributed by atoms with E-state index in [-0.39, 0.29) is 11.9 Å². The maximum atomic E-state index is 13.2. The van der Waals surface area contributed by atoms with Crippen molar-refractivity contribution in [2.24, 2.45) is 0 Å². The fourth-order valence-electron chi connectivity index (χ4n) is 2.66. The molecular weight excluding hydrogens is 315 g/mol. The average molecular weight is 333 g/mol. The molecule has 1 aliphatic heterocycles. The SMILES string of the molecule is COCCC1NN(c2ccccc2Cl)C=C1c1ccc(F)cc1. The third kappa shape index (κ3) is 3.55. The van der Waals surface area contributed by atoms with Crippen molar-refractivity contribution in [3.63, 3.8) is 0 Å². The number of para-hydroxylation sites is 1. The molecule has 23 heavy (non-hydrogen) atoms. The van der Waals surface area contributed by atoms with Crippen LogP contribution >= 0.6 is 11.6 Å². The summed E-state index contributed by atoms with van der Waals surface area (Å²) < 4.78 is 18.4. The lowest BCUT2D eigenvalue weighted by Crippen LogP contribution is -2.36. The van der Waals surface area contributed by atoms with Crippen LogP contribution in [0.5, 0.6) is 0 Å². The van der Waals surface area contributed by atoms with Crippen molar-refractivity contribution >= 4 is 22.9 Å². The van der Waals surface area contributed by atoms with E-state index in [1.54, 1.807) is 19.2 Å². The predicted molar refractivity (Wildman–Crippen MR) is 91.7 cm³/mol. The summed E-state index contributed by atoms with van der Waals surface area (Å²) in [6.45, 7) is 0.632. The van der Waals surface area contributed by atoms with E-state index in [4.69, 9.17) is 16.3 Å². The highest BCUT2D eigenvalue weighted by Crippen LogP contribution is 2.32. The Bertz CT molecular complexity index is 702. The molecule has 0 radical (unpaired) electrons. The number of halogens is 2. The van der Waals surface area contributed by atoms with Gasteiger partial charge in [0.05, 0.1) is 16.8 Å². The van der Waals surface area contributed by atoms with Crippen LogP contribution in [0.3, 0.4) is 0 Å². The molecule has 1 atom stereocenters. The van der Waals surface area contributed by atoms with Gasteiger partial charge >= 0.3 is 0 Å². The van der Waals surface area contributed by atoms with Gasteiger partial charge in [-0.05, 0) is 41.8 Å². The summed E-state index contributed by atoms with van der Waals surface area (Å²) in [6, 6.07) is 14.3. The summed E-state index contributed by atoms with van der Waals surface area (Å²) in [4.78, 5) is 0. The van der Waals surface area contributed by atoms with Gasteiger partial charge in [-0.15, -0.1) is 0 Å². The summed E-state index contributed by atoms with van der Waals surface area (Å²) in [6.07, 6.45) is 2.81. The van der Waals surface area contributed by atoms with E-state index < -0.39 is 0 Å². The Morgan fingerprint density at radius 2 is 1.91 bits per heavy atom. The molecule has 0 bridgehead atoms. The van der Waals surface area contributed by atoms with Crippen LogP contribution in [0.4, 0.5) is 10.1 Å². The van der Waals surface area contributed by atoms with E-state index in [1.165, 1.54) is 12.1 Å². The van der Waals surface area contributed by atoms with Gasteiger partial charge in [-0.2, -0.15) is 0 Å². The smallest absolute Gasteiger partial charge is 0.123 e. The first-order valence-electron chi connectivity index (χ1n) is 7.45. The van der Waals surface area contributed by atoms with Crippen molar-refractivity contribution < 1.29 is 9.13 Å². The lowest BCUT2D eigenvalue weighted by atomic mass is 9.99. The zero-order valence-corrected chi connectivity index (χ0v) is 13.6. The summed E-state index contributed by atoms with van der Waals surface area (Å²) in [5.41, 5.74) is 6.38. The number of hydrazine groups is 1. The second kappa shape index (κ2) is 7.13. The molecule has 2 aromatic rings. The third-order valence-electron chi connectivity index (χ3n) is 3.84. The number of hydrogen-bond acceptors (Lipinski definition) is 3. The number of anilines is 1. The molecule has 0 fully saturated rings. The average Bonchev–Trinajstić information content (AvgIpc) is 2.98. The van der Waals surface area contributed by atoms with Crippen molar-refractivity contribution in [3.05, 3.63) is 71.1 Å². The highest BCUT2D eigenvalue weighted by molar-refractivity contribution is 6.33. The maximum Gasteiger partial charge on any atom is 0.123 e. The van der Waals surface area contributed by atoms with E-state index >= 15 is 0 Å². The molecule has 120 valence electrons. The zero-order valence-electron chi connectivity index (χ0n) is 12.8. The Balaban J connectivity index is 1.92. The largest absolute Gasteiger partial charge is 0.385 e. The van der Waals surface area contributed by atoms with Gasteiger partial charge in [0.25, 0.3) is 0 Å². The highest BCUT2D eigenvalue weighted by atomic mass is 35.5. The Hall–Kier alpha value is -1.88. The van der Waals surface area contributed by atoms with Crippen LogP contribution in [0.25, 0.3) is 5.57 Å². The van der Waals surface area contributed by atoms with Gasteiger partial charge < -0.3 is 4.74 Å². The first-order valence-corrected chi connectivity index (χ1v) is 7.83. The minimum absolute atomic E-state index is 0.0803. The summed E-state index contributed by atoms with van der Waals surface area (Å²) in [5.74, 6) is -0.239. The number of benzene rings is 2. The predicted octanol–water partition coefficient (Wildman–Crippen LogP) is 4.25. The standard InChI is InChI=1S/C18H18ClFN2O/c1-23-11-10-17-15(13-6-8-14(20)9-7-13)12-22(21-17)18-5-3-2-4-16(18)19/h2-9,12,17,21H,10-11H2,1H3.